The molecule has 0 saturated carbocycles. The molecule has 0 amide bonds. The molecule has 0 aromatic carbocycles. The molecule has 76 valence electrons. The van der Waals surface area contributed by atoms with E-state index in [9.17, 15) is 0 Å². The maximum Gasteiger partial charge on any atom is 0.121 e. The number of nitrogens with zero attached hydrogens (tertiary/aromatic N) is 3. The van der Waals surface area contributed by atoms with Crippen molar-refractivity contribution in [3.8, 4) is 0 Å². The molecule has 0 saturated heterocycles. The lowest BCUT2D eigenvalue weighted by Crippen LogP contribution is -2.46. The van der Waals surface area contributed by atoms with E-state index >= 15 is 0 Å². The van der Waals surface area contributed by atoms with Crippen LogP contribution >= 0.6 is 0 Å². The van der Waals surface area contributed by atoms with Crippen LogP contribution in [-0.2, 0) is 0 Å². The van der Waals surface area contributed by atoms with Crippen LogP contribution in [0.25, 0.3) is 0 Å². The third-order valence-corrected chi connectivity index (χ3v) is 2.46. The third kappa shape index (κ3) is 1.95. The van der Waals surface area contributed by atoms with E-state index in [2.05, 4.69) is 49.6 Å². The predicted octanol–water partition coefficient (Wildman–Crippen LogP) is 1.96. The van der Waals surface area contributed by atoms with Crippen molar-refractivity contribution in [3.63, 3.8) is 0 Å². The van der Waals surface area contributed by atoms with Crippen molar-refractivity contribution in [2.24, 2.45) is 11.0 Å². The molecule has 0 aliphatic carbocycles. The van der Waals surface area contributed by atoms with Crippen LogP contribution in [0.15, 0.2) is 5.10 Å². The second kappa shape index (κ2) is 3.99. The van der Waals surface area contributed by atoms with Crippen LogP contribution in [0.3, 0.4) is 0 Å². The van der Waals surface area contributed by atoms with Gasteiger partial charge in [-0.1, -0.05) is 13.8 Å². The lowest BCUT2D eigenvalue weighted by Gasteiger charge is -2.35. The molecular formula is C10H21N3. The average molecular weight is 183 g/mol. The monoisotopic (exact) mass is 183 g/mol. The summed E-state index contributed by atoms with van der Waals surface area (Å²) >= 11 is 0. The fourth-order valence-electron chi connectivity index (χ4n) is 1.81. The zero-order valence-corrected chi connectivity index (χ0v) is 9.36. The Morgan fingerprint density at radius 1 is 1.31 bits per heavy atom. The molecule has 1 aliphatic heterocycles. The summed E-state index contributed by atoms with van der Waals surface area (Å²) in [5.74, 6) is 0.616. The smallest absolute Gasteiger partial charge is 0.121 e. The van der Waals surface area contributed by atoms with Gasteiger partial charge in [0.15, 0.2) is 0 Å². The first-order chi connectivity index (χ1) is 6.07. The van der Waals surface area contributed by atoms with E-state index in [4.69, 9.17) is 0 Å². The fraction of sp³-hybridized carbons (Fsp3) is 0.900. The van der Waals surface area contributed by atoms with Gasteiger partial charge in [-0.3, -0.25) is 5.01 Å². The minimum atomic E-state index is 0.449. The van der Waals surface area contributed by atoms with Crippen LogP contribution in [-0.4, -0.2) is 35.0 Å². The van der Waals surface area contributed by atoms with Gasteiger partial charge in [0, 0.05) is 12.6 Å². The summed E-state index contributed by atoms with van der Waals surface area (Å²) < 4.78 is 0. The summed E-state index contributed by atoms with van der Waals surface area (Å²) in [5.41, 5.74) is 0. The molecule has 0 fully saturated rings. The summed E-state index contributed by atoms with van der Waals surface area (Å²) in [7, 11) is 0. The highest BCUT2D eigenvalue weighted by atomic mass is 15.6. The van der Waals surface area contributed by atoms with Crippen molar-refractivity contribution in [1.82, 2.24) is 9.91 Å². The van der Waals surface area contributed by atoms with Crippen molar-refractivity contribution in [2.45, 2.75) is 46.8 Å². The summed E-state index contributed by atoms with van der Waals surface area (Å²) in [4.78, 5) is 2.33. The third-order valence-electron chi connectivity index (χ3n) is 2.46. The molecule has 1 aliphatic rings. The molecule has 3 heteroatoms. The number of hydrogen-bond acceptors (Lipinski definition) is 3. The highest BCUT2D eigenvalue weighted by molar-refractivity contribution is 5.57. The second-order valence-corrected chi connectivity index (χ2v) is 4.19. The van der Waals surface area contributed by atoms with E-state index in [-0.39, 0.29) is 0 Å². The molecule has 1 atom stereocenters. The molecule has 0 bridgehead atoms. The standard InChI is InChI=1S/C10H21N3/c1-6-13-10(8(2)3)12(7-11-13)9(4)5/h7-10H,6H2,1-5H3. The summed E-state index contributed by atoms with van der Waals surface area (Å²) in [6.45, 7) is 12.1. The predicted molar refractivity (Wildman–Crippen MR) is 56.5 cm³/mol. The Labute approximate surface area is 81.4 Å². The van der Waals surface area contributed by atoms with Gasteiger partial charge < -0.3 is 4.90 Å². The highest BCUT2D eigenvalue weighted by Gasteiger charge is 2.30. The van der Waals surface area contributed by atoms with Crippen molar-refractivity contribution < 1.29 is 0 Å². The minimum absolute atomic E-state index is 0.449. The molecule has 13 heavy (non-hydrogen) atoms. The summed E-state index contributed by atoms with van der Waals surface area (Å²) in [5, 5.41) is 6.55. The van der Waals surface area contributed by atoms with E-state index in [0.717, 1.165) is 6.54 Å². The Hall–Kier alpha value is -0.730. The molecule has 1 heterocycles. The molecule has 1 unspecified atom stereocenters. The lowest BCUT2D eigenvalue weighted by atomic mass is 10.1. The number of hydrogen-bond donors (Lipinski definition) is 0. The van der Waals surface area contributed by atoms with Crippen LogP contribution in [0.5, 0.6) is 0 Å². The van der Waals surface area contributed by atoms with Crippen LogP contribution in [0.1, 0.15) is 34.6 Å². The first kappa shape index (κ1) is 10.4. The first-order valence-electron chi connectivity index (χ1n) is 5.16. The van der Waals surface area contributed by atoms with Crippen molar-refractivity contribution >= 4 is 6.34 Å². The van der Waals surface area contributed by atoms with Gasteiger partial charge in [-0.25, -0.2) is 0 Å². The molecule has 0 aromatic heterocycles. The molecule has 0 spiro atoms. The van der Waals surface area contributed by atoms with Gasteiger partial charge in [0.2, 0.25) is 0 Å². The molecule has 1 rings (SSSR count). The van der Waals surface area contributed by atoms with Gasteiger partial charge in [0.25, 0.3) is 0 Å². The van der Waals surface area contributed by atoms with Crippen molar-refractivity contribution in [3.05, 3.63) is 0 Å². The Bertz CT molecular complexity index is 187. The van der Waals surface area contributed by atoms with Crippen LogP contribution < -0.4 is 0 Å². The molecule has 0 radical (unpaired) electrons. The van der Waals surface area contributed by atoms with Gasteiger partial charge in [0.1, 0.15) is 12.5 Å². The summed E-state index contributed by atoms with van der Waals surface area (Å²) in [6.07, 6.45) is 2.42. The van der Waals surface area contributed by atoms with E-state index in [1.807, 2.05) is 6.34 Å². The number of rotatable bonds is 3. The van der Waals surface area contributed by atoms with E-state index in [1.54, 1.807) is 0 Å². The van der Waals surface area contributed by atoms with E-state index in [0.29, 0.717) is 18.1 Å². The lowest BCUT2D eigenvalue weighted by molar-refractivity contribution is 0.0779. The topological polar surface area (TPSA) is 18.8 Å². The average Bonchev–Trinajstić information content (AvgIpc) is 2.46. The Morgan fingerprint density at radius 2 is 1.92 bits per heavy atom. The Kier molecular flexibility index (Phi) is 3.17. The fourth-order valence-corrected chi connectivity index (χ4v) is 1.81. The van der Waals surface area contributed by atoms with Crippen molar-refractivity contribution in [2.75, 3.05) is 6.54 Å². The quantitative estimate of drug-likeness (QED) is 0.666. The second-order valence-electron chi connectivity index (χ2n) is 4.19. The molecule has 3 nitrogen and oxygen atoms in total. The van der Waals surface area contributed by atoms with Crippen LogP contribution in [0, 0.1) is 5.92 Å². The number of hydrazone groups is 1. The Balaban J connectivity index is 2.72. The van der Waals surface area contributed by atoms with Crippen LogP contribution in [0.2, 0.25) is 0 Å². The van der Waals surface area contributed by atoms with Gasteiger partial charge in [-0.15, -0.1) is 0 Å². The Morgan fingerprint density at radius 3 is 2.31 bits per heavy atom. The van der Waals surface area contributed by atoms with E-state index in [1.165, 1.54) is 0 Å². The zero-order chi connectivity index (χ0) is 10.0. The molecule has 0 N–H and O–H groups in total. The SMILES string of the molecule is CCN1N=CN(C(C)C)C1C(C)C. The highest BCUT2D eigenvalue weighted by Crippen LogP contribution is 2.21. The van der Waals surface area contributed by atoms with E-state index < -0.39 is 0 Å². The largest absolute Gasteiger partial charge is 0.337 e. The van der Waals surface area contributed by atoms with Gasteiger partial charge in [-0.05, 0) is 26.7 Å². The maximum absolute atomic E-state index is 4.39. The maximum atomic E-state index is 4.39. The summed E-state index contributed by atoms with van der Waals surface area (Å²) in [6, 6.07) is 0.535. The first-order valence-corrected chi connectivity index (χ1v) is 5.16. The minimum Gasteiger partial charge on any atom is -0.337 e. The van der Waals surface area contributed by atoms with Crippen LogP contribution in [0.4, 0.5) is 0 Å². The van der Waals surface area contributed by atoms with Gasteiger partial charge >= 0.3 is 0 Å². The molecular weight excluding hydrogens is 162 g/mol. The normalized spacial score (nSPS) is 22.5. The van der Waals surface area contributed by atoms with Gasteiger partial charge in [-0.2, -0.15) is 5.10 Å². The van der Waals surface area contributed by atoms with Crippen molar-refractivity contribution in [1.29, 1.82) is 0 Å². The molecule has 0 aromatic rings. The van der Waals surface area contributed by atoms with Gasteiger partial charge in [0.05, 0.1) is 0 Å². The zero-order valence-electron chi connectivity index (χ0n) is 9.36.